The second kappa shape index (κ2) is 7.38. The first-order valence-corrected chi connectivity index (χ1v) is 6.73. The first-order valence-electron chi connectivity index (χ1n) is 5.78. The van der Waals surface area contributed by atoms with Crippen molar-refractivity contribution >= 4 is 23.7 Å². The van der Waals surface area contributed by atoms with E-state index < -0.39 is 0 Å². The maximum Gasteiger partial charge on any atom is 0.164 e. The number of thiophene rings is 1. The van der Waals surface area contributed by atoms with E-state index in [0.717, 1.165) is 11.1 Å². The summed E-state index contributed by atoms with van der Waals surface area (Å²) in [7, 11) is 4.81. The van der Waals surface area contributed by atoms with Crippen LogP contribution in [0.5, 0.6) is 17.2 Å². The molecule has 0 aliphatic heterocycles. The Morgan fingerprint density at radius 1 is 1.00 bits per heavy atom. The highest BCUT2D eigenvalue weighted by Crippen LogP contribution is 2.38. The van der Waals surface area contributed by atoms with Crippen LogP contribution >= 0.6 is 23.7 Å². The minimum absolute atomic E-state index is 0. The summed E-state index contributed by atoms with van der Waals surface area (Å²) in [6, 6.07) is 5.41. The fraction of sp³-hybridized carbons (Fsp3) is 0.286. The van der Waals surface area contributed by atoms with Gasteiger partial charge >= 0.3 is 0 Å². The van der Waals surface area contributed by atoms with E-state index >= 15 is 0 Å². The van der Waals surface area contributed by atoms with Gasteiger partial charge in [0.25, 0.3) is 0 Å². The van der Waals surface area contributed by atoms with Crippen LogP contribution in [0, 0.1) is 0 Å². The van der Waals surface area contributed by atoms with Crippen LogP contribution in [0.3, 0.4) is 0 Å². The van der Waals surface area contributed by atoms with Crippen LogP contribution in [0.15, 0.2) is 29.0 Å². The summed E-state index contributed by atoms with van der Waals surface area (Å²) in [5.74, 6) is 1.96. The summed E-state index contributed by atoms with van der Waals surface area (Å²) >= 11 is 1.62. The molecule has 0 spiro atoms. The average molecular weight is 316 g/mol. The Balaban J connectivity index is 0.00000200. The van der Waals surface area contributed by atoms with Crippen LogP contribution in [-0.2, 0) is 0 Å². The molecule has 6 heteroatoms. The second-order valence-electron chi connectivity index (χ2n) is 3.98. The van der Waals surface area contributed by atoms with Gasteiger partial charge in [0.05, 0.1) is 27.4 Å². The summed E-state index contributed by atoms with van der Waals surface area (Å²) < 4.78 is 16.0. The number of nitrogens with two attached hydrogens (primary N) is 1. The topological polar surface area (TPSA) is 53.7 Å². The van der Waals surface area contributed by atoms with Crippen molar-refractivity contribution in [1.82, 2.24) is 0 Å². The Kier molecular flexibility index (Phi) is 6.13. The van der Waals surface area contributed by atoms with E-state index in [2.05, 4.69) is 0 Å². The van der Waals surface area contributed by atoms with Crippen molar-refractivity contribution in [3.63, 3.8) is 0 Å². The van der Waals surface area contributed by atoms with Gasteiger partial charge in [-0.15, -0.1) is 12.4 Å². The molecule has 0 aliphatic carbocycles. The highest BCUT2D eigenvalue weighted by atomic mass is 35.5. The number of ether oxygens (including phenoxy) is 3. The molecule has 20 heavy (non-hydrogen) atoms. The zero-order valence-corrected chi connectivity index (χ0v) is 13.2. The highest BCUT2D eigenvalue weighted by molar-refractivity contribution is 7.08. The van der Waals surface area contributed by atoms with E-state index in [1.165, 1.54) is 0 Å². The average Bonchev–Trinajstić information content (AvgIpc) is 2.99. The molecular weight excluding hydrogens is 298 g/mol. The van der Waals surface area contributed by atoms with Gasteiger partial charge in [-0.3, -0.25) is 0 Å². The van der Waals surface area contributed by atoms with Crippen LogP contribution in [0.2, 0.25) is 0 Å². The molecule has 1 aromatic heterocycles. The molecular formula is C14H18ClNO3S. The molecule has 1 atom stereocenters. The molecule has 4 nitrogen and oxygen atoms in total. The number of halogens is 1. The third-order valence-electron chi connectivity index (χ3n) is 2.97. The zero-order chi connectivity index (χ0) is 13.8. The predicted molar refractivity (Wildman–Crippen MR) is 83.7 cm³/mol. The van der Waals surface area contributed by atoms with Gasteiger partial charge < -0.3 is 19.9 Å². The fourth-order valence-electron chi connectivity index (χ4n) is 1.93. The van der Waals surface area contributed by atoms with Crippen molar-refractivity contribution < 1.29 is 14.2 Å². The van der Waals surface area contributed by atoms with E-state index in [4.69, 9.17) is 19.9 Å². The fourth-order valence-corrected chi connectivity index (χ4v) is 2.62. The lowest BCUT2D eigenvalue weighted by Gasteiger charge is -2.18. The SMILES string of the molecule is COc1cc(OC)c([C@@H](N)c2ccsc2)cc1OC.Cl. The third kappa shape index (κ3) is 3.17. The molecule has 0 bridgehead atoms. The van der Waals surface area contributed by atoms with Crippen LogP contribution < -0.4 is 19.9 Å². The Morgan fingerprint density at radius 2 is 1.60 bits per heavy atom. The minimum Gasteiger partial charge on any atom is -0.496 e. The number of benzene rings is 1. The van der Waals surface area contributed by atoms with Gasteiger partial charge in [-0.2, -0.15) is 11.3 Å². The number of methoxy groups -OCH3 is 3. The van der Waals surface area contributed by atoms with Gasteiger partial charge in [0.1, 0.15) is 5.75 Å². The largest absolute Gasteiger partial charge is 0.496 e. The Hall–Kier alpha value is -1.43. The van der Waals surface area contributed by atoms with Crippen LogP contribution in [-0.4, -0.2) is 21.3 Å². The number of rotatable bonds is 5. The standard InChI is InChI=1S/C14H17NO3S.ClH/c1-16-11-7-13(18-3)12(17-2)6-10(11)14(15)9-4-5-19-8-9;/h4-8,14H,15H2,1-3H3;1H/t14-;/m0./s1. The molecule has 0 saturated heterocycles. The molecule has 0 fully saturated rings. The number of hydrogen-bond acceptors (Lipinski definition) is 5. The molecule has 0 unspecified atom stereocenters. The van der Waals surface area contributed by atoms with Crippen molar-refractivity contribution in [2.24, 2.45) is 5.73 Å². The maximum atomic E-state index is 6.28. The Morgan fingerprint density at radius 3 is 2.10 bits per heavy atom. The summed E-state index contributed by atoms with van der Waals surface area (Å²) in [4.78, 5) is 0. The molecule has 0 saturated carbocycles. The van der Waals surface area contributed by atoms with E-state index in [1.54, 1.807) is 38.7 Å². The molecule has 1 aromatic carbocycles. The van der Waals surface area contributed by atoms with Gasteiger partial charge in [-0.05, 0) is 28.5 Å². The first kappa shape index (κ1) is 16.6. The molecule has 0 aliphatic rings. The maximum absolute atomic E-state index is 6.28. The van der Waals surface area contributed by atoms with Gasteiger partial charge in [0.15, 0.2) is 11.5 Å². The summed E-state index contributed by atoms with van der Waals surface area (Å²) in [6.45, 7) is 0. The van der Waals surface area contributed by atoms with Crippen LogP contribution in [0.1, 0.15) is 17.2 Å². The highest BCUT2D eigenvalue weighted by Gasteiger charge is 2.18. The van der Waals surface area contributed by atoms with Crippen molar-refractivity contribution in [3.8, 4) is 17.2 Å². The van der Waals surface area contributed by atoms with Gasteiger partial charge in [0.2, 0.25) is 0 Å². The van der Waals surface area contributed by atoms with Crippen LogP contribution in [0.4, 0.5) is 0 Å². The molecule has 2 aromatic rings. The van der Waals surface area contributed by atoms with Crippen molar-refractivity contribution in [2.45, 2.75) is 6.04 Å². The van der Waals surface area contributed by atoms with Crippen molar-refractivity contribution in [3.05, 3.63) is 40.1 Å². The van der Waals surface area contributed by atoms with E-state index in [0.29, 0.717) is 17.2 Å². The zero-order valence-electron chi connectivity index (χ0n) is 11.6. The lowest BCUT2D eigenvalue weighted by molar-refractivity contribution is 0.347. The predicted octanol–water partition coefficient (Wildman–Crippen LogP) is 3.24. The second-order valence-corrected chi connectivity index (χ2v) is 4.76. The third-order valence-corrected chi connectivity index (χ3v) is 3.67. The summed E-state index contributed by atoms with van der Waals surface area (Å²) in [5.41, 5.74) is 8.21. The molecule has 1 heterocycles. The van der Waals surface area contributed by atoms with Crippen molar-refractivity contribution in [2.75, 3.05) is 21.3 Å². The minimum atomic E-state index is -0.249. The molecule has 2 N–H and O–H groups in total. The van der Waals surface area contributed by atoms with Crippen LogP contribution in [0.25, 0.3) is 0 Å². The molecule has 0 amide bonds. The molecule has 110 valence electrons. The lowest BCUT2D eigenvalue weighted by atomic mass is 10.0. The number of hydrogen-bond donors (Lipinski definition) is 1. The van der Waals surface area contributed by atoms with Gasteiger partial charge in [-0.25, -0.2) is 0 Å². The normalized spacial score (nSPS) is 11.4. The smallest absolute Gasteiger partial charge is 0.164 e. The first-order chi connectivity index (χ1) is 9.21. The summed E-state index contributed by atoms with van der Waals surface area (Å²) in [6.07, 6.45) is 0. The van der Waals surface area contributed by atoms with Gasteiger partial charge in [-0.1, -0.05) is 0 Å². The quantitative estimate of drug-likeness (QED) is 0.920. The summed E-state index contributed by atoms with van der Waals surface area (Å²) in [5, 5.41) is 4.03. The Bertz CT molecular complexity index is 546. The molecule has 0 radical (unpaired) electrons. The Labute approximate surface area is 128 Å². The van der Waals surface area contributed by atoms with E-state index in [1.807, 2.05) is 22.9 Å². The monoisotopic (exact) mass is 315 g/mol. The van der Waals surface area contributed by atoms with Gasteiger partial charge in [0, 0.05) is 11.6 Å². The van der Waals surface area contributed by atoms with E-state index in [9.17, 15) is 0 Å². The van der Waals surface area contributed by atoms with E-state index in [-0.39, 0.29) is 18.4 Å². The lowest BCUT2D eigenvalue weighted by Crippen LogP contribution is -2.12. The van der Waals surface area contributed by atoms with Crippen molar-refractivity contribution in [1.29, 1.82) is 0 Å². The molecule has 2 rings (SSSR count).